The first-order valence-electron chi connectivity index (χ1n) is 8.11. The van der Waals surface area contributed by atoms with Crippen LogP contribution in [0.5, 0.6) is 0 Å². The van der Waals surface area contributed by atoms with Crippen molar-refractivity contribution in [3.05, 3.63) is 71.0 Å². The van der Waals surface area contributed by atoms with Crippen LogP contribution < -0.4 is 10.6 Å². The standard InChI is InChI=1S/C19H22FN3O2/c1-3-23(13-15-5-4-6-17(20)11-15)19(25)22-12-14-7-9-16(10-8-14)18(24)21-2/h4-11H,3,12-13H2,1-2H3,(H,21,24)(H,22,25). The fourth-order valence-electron chi connectivity index (χ4n) is 2.39. The fraction of sp³-hybridized carbons (Fsp3) is 0.263. The maximum absolute atomic E-state index is 13.3. The van der Waals surface area contributed by atoms with Crippen LogP contribution in [0, 0.1) is 5.82 Å². The van der Waals surface area contributed by atoms with Gasteiger partial charge in [0.05, 0.1) is 0 Å². The van der Waals surface area contributed by atoms with Crippen molar-refractivity contribution in [1.29, 1.82) is 0 Å². The number of benzene rings is 2. The minimum atomic E-state index is -0.315. The van der Waals surface area contributed by atoms with Crippen LogP contribution in [-0.4, -0.2) is 30.4 Å². The van der Waals surface area contributed by atoms with E-state index in [-0.39, 0.29) is 17.8 Å². The second-order valence-electron chi connectivity index (χ2n) is 5.58. The Hall–Kier alpha value is -2.89. The summed E-state index contributed by atoms with van der Waals surface area (Å²) in [6, 6.07) is 13.0. The zero-order valence-corrected chi connectivity index (χ0v) is 14.4. The minimum Gasteiger partial charge on any atom is -0.355 e. The molecule has 0 atom stereocenters. The summed E-state index contributed by atoms with van der Waals surface area (Å²) in [6.07, 6.45) is 0. The summed E-state index contributed by atoms with van der Waals surface area (Å²) >= 11 is 0. The number of rotatable bonds is 6. The molecule has 0 spiro atoms. The number of hydrogen-bond donors (Lipinski definition) is 2. The third kappa shape index (κ3) is 5.31. The number of halogens is 1. The molecule has 2 N–H and O–H groups in total. The molecule has 0 aliphatic carbocycles. The molecule has 0 aliphatic heterocycles. The number of carbonyl (C=O) groups excluding carboxylic acids is 2. The van der Waals surface area contributed by atoms with Gasteiger partial charge in [-0.05, 0) is 42.3 Å². The van der Waals surface area contributed by atoms with Gasteiger partial charge >= 0.3 is 6.03 Å². The summed E-state index contributed by atoms with van der Waals surface area (Å²) < 4.78 is 13.3. The molecule has 0 heterocycles. The van der Waals surface area contributed by atoms with Gasteiger partial charge in [-0.3, -0.25) is 4.79 Å². The van der Waals surface area contributed by atoms with Crippen molar-refractivity contribution in [2.24, 2.45) is 0 Å². The van der Waals surface area contributed by atoms with E-state index in [4.69, 9.17) is 0 Å². The molecule has 2 rings (SSSR count). The second kappa shape index (κ2) is 8.82. The highest BCUT2D eigenvalue weighted by Crippen LogP contribution is 2.08. The van der Waals surface area contributed by atoms with E-state index in [1.54, 1.807) is 48.3 Å². The van der Waals surface area contributed by atoms with Crippen LogP contribution in [0.25, 0.3) is 0 Å². The molecule has 0 saturated heterocycles. The van der Waals surface area contributed by atoms with Gasteiger partial charge in [0.15, 0.2) is 0 Å². The Bertz CT molecular complexity index is 732. The average Bonchev–Trinajstić information content (AvgIpc) is 2.64. The molecule has 0 bridgehead atoms. The molecule has 0 radical (unpaired) electrons. The van der Waals surface area contributed by atoms with E-state index in [2.05, 4.69) is 10.6 Å². The lowest BCUT2D eigenvalue weighted by Gasteiger charge is -2.21. The van der Waals surface area contributed by atoms with Crippen LogP contribution in [0.1, 0.15) is 28.4 Å². The van der Waals surface area contributed by atoms with Gasteiger partial charge in [0.25, 0.3) is 5.91 Å². The van der Waals surface area contributed by atoms with Gasteiger partial charge in [0.1, 0.15) is 5.82 Å². The van der Waals surface area contributed by atoms with Crippen LogP contribution >= 0.6 is 0 Å². The maximum atomic E-state index is 13.3. The van der Waals surface area contributed by atoms with Crippen molar-refractivity contribution in [3.8, 4) is 0 Å². The Balaban J connectivity index is 1.92. The SMILES string of the molecule is CCN(Cc1cccc(F)c1)C(=O)NCc1ccc(C(=O)NC)cc1. The van der Waals surface area contributed by atoms with E-state index in [1.807, 2.05) is 6.92 Å². The molecule has 5 nitrogen and oxygen atoms in total. The summed E-state index contributed by atoms with van der Waals surface area (Å²) in [5, 5.41) is 5.40. The number of hydrogen-bond acceptors (Lipinski definition) is 2. The second-order valence-corrected chi connectivity index (χ2v) is 5.58. The van der Waals surface area contributed by atoms with Crippen molar-refractivity contribution < 1.29 is 14.0 Å². The maximum Gasteiger partial charge on any atom is 0.317 e. The highest BCUT2D eigenvalue weighted by Gasteiger charge is 2.12. The minimum absolute atomic E-state index is 0.150. The third-order valence-electron chi connectivity index (χ3n) is 3.82. The predicted molar refractivity (Wildman–Crippen MR) is 94.6 cm³/mol. The van der Waals surface area contributed by atoms with E-state index < -0.39 is 0 Å². The first-order valence-corrected chi connectivity index (χ1v) is 8.11. The molecular formula is C19H22FN3O2. The van der Waals surface area contributed by atoms with Crippen LogP contribution in [0.15, 0.2) is 48.5 Å². The fourth-order valence-corrected chi connectivity index (χ4v) is 2.39. The molecule has 2 aromatic carbocycles. The van der Waals surface area contributed by atoms with Crippen molar-refractivity contribution in [2.75, 3.05) is 13.6 Å². The molecule has 25 heavy (non-hydrogen) atoms. The van der Waals surface area contributed by atoms with Crippen molar-refractivity contribution in [1.82, 2.24) is 15.5 Å². The van der Waals surface area contributed by atoms with Gasteiger partial charge in [-0.1, -0.05) is 24.3 Å². The first kappa shape index (κ1) is 18.4. The molecule has 6 heteroatoms. The van der Waals surface area contributed by atoms with Crippen LogP contribution in [0.4, 0.5) is 9.18 Å². The van der Waals surface area contributed by atoms with E-state index in [0.717, 1.165) is 11.1 Å². The monoisotopic (exact) mass is 343 g/mol. The number of carbonyl (C=O) groups is 2. The Kier molecular flexibility index (Phi) is 6.51. The van der Waals surface area contributed by atoms with Crippen molar-refractivity contribution in [2.45, 2.75) is 20.0 Å². The summed E-state index contributed by atoms with van der Waals surface area (Å²) in [5.74, 6) is -0.465. The number of nitrogens with one attached hydrogen (secondary N) is 2. The smallest absolute Gasteiger partial charge is 0.317 e. The number of urea groups is 1. The molecule has 132 valence electrons. The number of amides is 3. The van der Waals surface area contributed by atoms with E-state index in [9.17, 15) is 14.0 Å². The number of nitrogens with zero attached hydrogens (tertiary/aromatic N) is 1. The topological polar surface area (TPSA) is 61.4 Å². The third-order valence-corrected chi connectivity index (χ3v) is 3.82. The van der Waals surface area contributed by atoms with Crippen molar-refractivity contribution >= 4 is 11.9 Å². The van der Waals surface area contributed by atoms with E-state index in [1.165, 1.54) is 12.1 Å². The summed E-state index contributed by atoms with van der Waals surface area (Å²) in [7, 11) is 1.58. The van der Waals surface area contributed by atoms with Gasteiger partial charge in [0.2, 0.25) is 0 Å². The molecular weight excluding hydrogens is 321 g/mol. The zero-order valence-electron chi connectivity index (χ0n) is 14.4. The summed E-state index contributed by atoms with van der Waals surface area (Å²) in [5.41, 5.74) is 2.20. The quantitative estimate of drug-likeness (QED) is 0.847. The van der Waals surface area contributed by atoms with Crippen molar-refractivity contribution in [3.63, 3.8) is 0 Å². The Morgan fingerprint density at radius 1 is 1.08 bits per heavy atom. The Labute approximate surface area is 146 Å². The summed E-state index contributed by atoms with van der Waals surface area (Å²) in [6.45, 7) is 3.08. The van der Waals surface area contributed by atoms with Crippen LogP contribution in [0.3, 0.4) is 0 Å². The largest absolute Gasteiger partial charge is 0.355 e. The van der Waals surface area contributed by atoms with Gasteiger partial charge < -0.3 is 15.5 Å². The lowest BCUT2D eigenvalue weighted by molar-refractivity contribution is 0.0963. The highest BCUT2D eigenvalue weighted by atomic mass is 19.1. The predicted octanol–water partition coefficient (Wildman–Crippen LogP) is 2.92. The molecule has 0 fully saturated rings. The molecule has 3 amide bonds. The molecule has 2 aromatic rings. The molecule has 0 aromatic heterocycles. The zero-order chi connectivity index (χ0) is 18.2. The van der Waals surface area contributed by atoms with Gasteiger partial charge in [-0.25, -0.2) is 9.18 Å². The molecule has 0 saturated carbocycles. The molecule has 0 aliphatic rings. The van der Waals surface area contributed by atoms with Gasteiger partial charge in [-0.2, -0.15) is 0 Å². The lowest BCUT2D eigenvalue weighted by atomic mass is 10.1. The average molecular weight is 343 g/mol. The Morgan fingerprint density at radius 2 is 1.80 bits per heavy atom. The molecule has 0 unspecified atom stereocenters. The van der Waals surface area contributed by atoms with Gasteiger partial charge in [0, 0.05) is 32.2 Å². The summed E-state index contributed by atoms with van der Waals surface area (Å²) in [4.78, 5) is 25.4. The van der Waals surface area contributed by atoms with Gasteiger partial charge in [-0.15, -0.1) is 0 Å². The normalized spacial score (nSPS) is 10.2. The van der Waals surface area contributed by atoms with E-state index in [0.29, 0.717) is 25.2 Å². The Morgan fingerprint density at radius 3 is 2.40 bits per heavy atom. The lowest BCUT2D eigenvalue weighted by Crippen LogP contribution is -2.39. The van der Waals surface area contributed by atoms with Crippen LogP contribution in [0.2, 0.25) is 0 Å². The first-order chi connectivity index (χ1) is 12.0. The highest BCUT2D eigenvalue weighted by molar-refractivity contribution is 5.93. The van der Waals surface area contributed by atoms with E-state index >= 15 is 0 Å². The van der Waals surface area contributed by atoms with Crippen LogP contribution in [-0.2, 0) is 13.1 Å².